The highest BCUT2D eigenvalue weighted by atomic mass is 19.1. The third-order valence-corrected chi connectivity index (χ3v) is 6.79. The lowest BCUT2D eigenvalue weighted by Crippen LogP contribution is -2.60. The summed E-state index contributed by atoms with van der Waals surface area (Å²) in [6.07, 6.45) is 2.50. The molecule has 3 aliphatic rings. The van der Waals surface area contributed by atoms with E-state index in [1.807, 2.05) is 6.07 Å². The Balaban J connectivity index is 1.49. The number of fused-ring (bicyclic) bond motifs is 3. The first-order valence-corrected chi connectivity index (χ1v) is 11.0. The Kier molecular flexibility index (Phi) is 5.65. The van der Waals surface area contributed by atoms with Crippen LogP contribution in [0.5, 0.6) is 0 Å². The van der Waals surface area contributed by atoms with Crippen LogP contribution in [0, 0.1) is 11.7 Å². The monoisotopic (exact) mass is 401 g/mol. The number of nitrogens with zero attached hydrogens (tertiary/aromatic N) is 1. The molecule has 3 saturated heterocycles. The van der Waals surface area contributed by atoms with Gasteiger partial charge in [-0.2, -0.15) is 0 Å². The molecule has 3 aromatic carbocycles. The lowest BCUT2D eigenvalue weighted by Gasteiger charge is -2.53. The van der Waals surface area contributed by atoms with E-state index in [1.54, 1.807) is 12.1 Å². The molecule has 2 nitrogen and oxygen atoms in total. The summed E-state index contributed by atoms with van der Waals surface area (Å²) in [5.74, 6) is 0.615. The number of benzene rings is 3. The lowest BCUT2D eigenvalue weighted by atomic mass is 9.72. The molecule has 3 aromatic rings. The summed E-state index contributed by atoms with van der Waals surface area (Å²) in [6.45, 7) is 2.72. The molecule has 0 spiro atoms. The average molecular weight is 402 g/mol. The van der Waals surface area contributed by atoms with E-state index in [-0.39, 0.29) is 23.9 Å². The SMILES string of the molecule is Fc1cccc(COC2C3CCN(CC3)C2C(c2ccccc2)c2ccccc2)c1. The zero-order valence-corrected chi connectivity index (χ0v) is 17.2. The summed E-state index contributed by atoms with van der Waals surface area (Å²) < 4.78 is 20.3. The van der Waals surface area contributed by atoms with Gasteiger partial charge in [0.2, 0.25) is 0 Å². The van der Waals surface area contributed by atoms with Crippen molar-refractivity contribution in [3.63, 3.8) is 0 Å². The Bertz CT molecular complexity index is 913. The van der Waals surface area contributed by atoms with E-state index in [0.29, 0.717) is 12.5 Å². The van der Waals surface area contributed by atoms with Crippen LogP contribution >= 0.6 is 0 Å². The maximum atomic E-state index is 13.7. The van der Waals surface area contributed by atoms with Gasteiger partial charge < -0.3 is 4.74 Å². The topological polar surface area (TPSA) is 12.5 Å². The minimum Gasteiger partial charge on any atom is -0.372 e. The molecule has 2 bridgehead atoms. The number of hydrogen-bond donors (Lipinski definition) is 0. The van der Waals surface area contributed by atoms with Gasteiger partial charge in [-0.3, -0.25) is 4.90 Å². The summed E-state index contributed by atoms with van der Waals surface area (Å²) in [7, 11) is 0. The highest BCUT2D eigenvalue weighted by Crippen LogP contribution is 2.43. The smallest absolute Gasteiger partial charge is 0.123 e. The van der Waals surface area contributed by atoms with Gasteiger partial charge in [-0.1, -0.05) is 72.8 Å². The molecule has 2 unspecified atom stereocenters. The van der Waals surface area contributed by atoms with Crippen LogP contribution in [-0.2, 0) is 11.3 Å². The molecule has 154 valence electrons. The maximum Gasteiger partial charge on any atom is 0.123 e. The third kappa shape index (κ3) is 3.92. The molecule has 3 heteroatoms. The number of ether oxygens (including phenoxy) is 1. The highest BCUT2D eigenvalue weighted by Gasteiger charge is 2.47. The molecule has 30 heavy (non-hydrogen) atoms. The molecule has 6 rings (SSSR count). The Morgan fingerprint density at radius 2 is 1.47 bits per heavy atom. The van der Waals surface area contributed by atoms with Crippen molar-refractivity contribution in [3.05, 3.63) is 107 Å². The van der Waals surface area contributed by atoms with Crippen LogP contribution in [0.25, 0.3) is 0 Å². The van der Waals surface area contributed by atoms with Crippen LogP contribution in [0.4, 0.5) is 4.39 Å². The first-order valence-electron chi connectivity index (χ1n) is 11.0. The molecule has 0 radical (unpaired) electrons. The van der Waals surface area contributed by atoms with E-state index in [0.717, 1.165) is 18.7 Å². The van der Waals surface area contributed by atoms with Crippen molar-refractivity contribution >= 4 is 0 Å². The Morgan fingerprint density at radius 3 is 2.07 bits per heavy atom. The van der Waals surface area contributed by atoms with Crippen molar-refractivity contribution < 1.29 is 9.13 Å². The fourth-order valence-corrected chi connectivity index (χ4v) is 5.39. The van der Waals surface area contributed by atoms with Gasteiger partial charge >= 0.3 is 0 Å². The fourth-order valence-electron chi connectivity index (χ4n) is 5.39. The van der Waals surface area contributed by atoms with E-state index in [2.05, 4.69) is 65.6 Å². The van der Waals surface area contributed by atoms with Crippen LogP contribution < -0.4 is 0 Å². The molecule has 0 aromatic heterocycles. The van der Waals surface area contributed by atoms with Crippen molar-refractivity contribution in [2.45, 2.75) is 37.5 Å². The van der Waals surface area contributed by atoms with Gasteiger partial charge in [-0.05, 0) is 60.7 Å². The van der Waals surface area contributed by atoms with Crippen LogP contribution in [-0.4, -0.2) is 30.1 Å². The predicted molar refractivity (Wildman–Crippen MR) is 118 cm³/mol. The fraction of sp³-hybridized carbons (Fsp3) is 0.333. The van der Waals surface area contributed by atoms with Crippen molar-refractivity contribution in [3.8, 4) is 0 Å². The van der Waals surface area contributed by atoms with E-state index in [4.69, 9.17) is 4.74 Å². The van der Waals surface area contributed by atoms with Gasteiger partial charge in [0, 0.05) is 12.0 Å². The van der Waals surface area contributed by atoms with Crippen molar-refractivity contribution in [1.82, 2.24) is 4.90 Å². The normalized spacial score (nSPS) is 25.5. The molecular formula is C27H28FNO. The van der Waals surface area contributed by atoms with Crippen molar-refractivity contribution in [2.24, 2.45) is 5.92 Å². The number of piperidine rings is 3. The van der Waals surface area contributed by atoms with Crippen molar-refractivity contribution in [2.75, 3.05) is 13.1 Å². The minimum atomic E-state index is -0.201. The average Bonchev–Trinajstić information content (AvgIpc) is 2.81. The molecule has 3 fully saturated rings. The first-order chi connectivity index (χ1) is 14.8. The Morgan fingerprint density at radius 1 is 0.833 bits per heavy atom. The second kappa shape index (κ2) is 8.71. The number of rotatable bonds is 6. The van der Waals surface area contributed by atoms with E-state index >= 15 is 0 Å². The van der Waals surface area contributed by atoms with Gasteiger partial charge in [0.15, 0.2) is 0 Å². The predicted octanol–water partition coefficient (Wildman–Crippen LogP) is 5.64. The molecular weight excluding hydrogens is 373 g/mol. The molecule has 0 N–H and O–H groups in total. The summed E-state index contributed by atoms with van der Waals surface area (Å²) in [4.78, 5) is 2.63. The molecule has 0 saturated carbocycles. The van der Waals surface area contributed by atoms with Gasteiger partial charge in [-0.15, -0.1) is 0 Å². The number of halogens is 1. The van der Waals surface area contributed by atoms with Crippen LogP contribution in [0.3, 0.4) is 0 Å². The van der Waals surface area contributed by atoms with E-state index < -0.39 is 0 Å². The maximum absolute atomic E-state index is 13.7. The van der Waals surface area contributed by atoms with E-state index in [1.165, 1.54) is 30.0 Å². The standard InChI is InChI=1S/C27H28FNO/c28-24-13-7-8-20(18-24)19-30-27-23-14-16-29(17-15-23)26(27)25(21-9-3-1-4-10-21)22-11-5-2-6-12-22/h1-13,18,23,25-27H,14-17,19H2. The molecule has 3 aliphatic heterocycles. The Labute approximate surface area is 178 Å². The van der Waals surface area contributed by atoms with Gasteiger partial charge in [0.1, 0.15) is 5.82 Å². The molecule has 0 aliphatic carbocycles. The number of hydrogen-bond acceptors (Lipinski definition) is 2. The summed E-state index contributed by atoms with van der Waals surface area (Å²) in [5, 5.41) is 0. The summed E-state index contributed by atoms with van der Waals surface area (Å²) in [6, 6.07) is 28.7. The highest BCUT2D eigenvalue weighted by molar-refractivity contribution is 5.35. The van der Waals surface area contributed by atoms with Crippen LogP contribution in [0.1, 0.15) is 35.4 Å². The lowest BCUT2D eigenvalue weighted by molar-refractivity contribution is -0.120. The second-order valence-corrected chi connectivity index (χ2v) is 8.57. The molecule has 3 heterocycles. The summed E-state index contributed by atoms with van der Waals surface area (Å²) >= 11 is 0. The Hall–Kier alpha value is -2.49. The minimum absolute atomic E-state index is 0.140. The zero-order chi connectivity index (χ0) is 20.3. The second-order valence-electron chi connectivity index (χ2n) is 8.57. The summed E-state index contributed by atoms with van der Waals surface area (Å²) in [5.41, 5.74) is 3.57. The van der Waals surface area contributed by atoms with Gasteiger partial charge in [-0.25, -0.2) is 4.39 Å². The van der Waals surface area contributed by atoms with E-state index in [9.17, 15) is 4.39 Å². The van der Waals surface area contributed by atoms with Crippen LogP contribution in [0.2, 0.25) is 0 Å². The molecule has 0 amide bonds. The largest absolute Gasteiger partial charge is 0.372 e. The van der Waals surface area contributed by atoms with Gasteiger partial charge in [0.05, 0.1) is 12.7 Å². The zero-order valence-electron chi connectivity index (χ0n) is 17.2. The van der Waals surface area contributed by atoms with Gasteiger partial charge in [0.25, 0.3) is 0 Å². The third-order valence-electron chi connectivity index (χ3n) is 6.79. The van der Waals surface area contributed by atoms with Crippen molar-refractivity contribution in [1.29, 1.82) is 0 Å². The van der Waals surface area contributed by atoms with Crippen LogP contribution in [0.15, 0.2) is 84.9 Å². The molecule has 2 atom stereocenters. The quantitative estimate of drug-likeness (QED) is 0.530. The first kappa shape index (κ1) is 19.5.